The molecule has 9 heteroatoms. The van der Waals surface area contributed by atoms with Crippen LogP contribution in [0.15, 0.2) is 23.0 Å². The summed E-state index contributed by atoms with van der Waals surface area (Å²) in [5, 5.41) is 10.6. The Hall–Kier alpha value is -2.35. The minimum absolute atomic E-state index is 0.0933. The first-order valence-electron chi connectivity index (χ1n) is 5.23. The van der Waals surface area contributed by atoms with Crippen molar-refractivity contribution in [2.24, 2.45) is 0 Å². The zero-order valence-corrected chi connectivity index (χ0v) is 10.4. The van der Waals surface area contributed by atoms with Gasteiger partial charge in [-0.1, -0.05) is 0 Å². The predicted molar refractivity (Wildman–Crippen MR) is 66.4 cm³/mol. The third-order valence-corrected chi connectivity index (χ3v) is 2.71. The maximum Gasteiger partial charge on any atom is 0.305 e. The third-order valence-electron chi connectivity index (χ3n) is 2.44. The van der Waals surface area contributed by atoms with Gasteiger partial charge in [0.2, 0.25) is 5.82 Å². The number of rotatable bonds is 3. The standard InChI is InChI=1S/C11H6ClF2N3O3/c12-4-5-3-8(18)16-11(15-5)9-6(13)1-2-7(10(9)14)17(19)20/h1-3H,4H2,(H,15,16,18). The lowest BCUT2D eigenvalue weighted by Crippen LogP contribution is -2.11. The van der Waals surface area contributed by atoms with E-state index < -0.39 is 39.2 Å². The zero-order valence-electron chi connectivity index (χ0n) is 9.69. The fraction of sp³-hybridized carbons (Fsp3) is 0.0909. The lowest BCUT2D eigenvalue weighted by molar-refractivity contribution is -0.387. The Labute approximate surface area is 115 Å². The van der Waals surface area contributed by atoms with Crippen LogP contribution in [0.2, 0.25) is 0 Å². The van der Waals surface area contributed by atoms with Gasteiger partial charge in [-0.25, -0.2) is 9.37 Å². The first-order valence-corrected chi connectivity index (χ1v) is 5.76. The van der Waals surface area contributed by atoms with Gasteiger partial charge in [0.05, 0.1) is 22.1 Å². The van der Waals surface area contributed by atoms with Crippen molar-refractivity contribution >= 4 is 17.3 Å². The van der Waals surface area contributed by atoms with Crippen LogP contribution in [0, 0.1) is 21.7 Å². The number of nitro groups is 1. The van der Waals surface area contributed by atoms with E-state index in [-0.39, 0.29) is 11.6 Å². The number of hydrogen-bond acceptors (Lipinski definition) is 4. The van der Waals surface area contributed by atoms with Gasteiger partial charge in [-0.05, 0) is 6.07 Å². The molecule has 1 heterocycles. The van der Waals surface area contributed by atoms with Crippen molar-refractivity contribution in [2.75, 3.05) is 0 Å². The molecule has 0 amide bonds. The summed E-state index contributed by atoms with van der Waals surface area (Å²) in [4.78, 5) is 26.9. The van der Waals surface area contributed by atoms with Gasteiger partial charge in [0.1, 0.15) is 11.6 Å². The number of nitrogens with zero attached hydrogens (tertiary/aromatic N) is 2. The average molecular weight is 302 g/mol. The highest BCUT2D eigenvalue weighted by molar-refractivity contribution is 6.16. The molecule has 104 valence electrons. The molecule has 1 aromatic heterocycles. The molecule has 20 heavy (non-hydrogen) atoms. The quantitative estimate of drug-likeness (QED) is 0.535. The Morgan fingerprint density at radius 2 is 2.10 bits per heavy atom. The van der Waals surface area contributed by atoms with Gasteiger partial charge in [-0.15, -0.1) is 11.6 Å². The molecule has 2 rings (SSSR count). The number of aromatic amines is 1. The normalized spacial score (nSPS) is 10.6. The molecule has 1 aromatic carbocycles. The molecule has 0 fully saturated rings. The van der Waals surface area contributed by atoms with Gasteiger partial charge in [0, 0.05) is 12.1 Å². The molecule has 6 nitrogen and oxygen atoms in total. The highest BCUT2D eigenvalue weighted by Gasteiger charge is 2.24. The van der Waals surface area contributed by atoms with E-state index in [4.69, 9.17) is 11.6 Å². The van der Waals surface area contributed by atoms with E-state index in [2.05, 4.69) is 9.97 Å². The summed E-state index contributed by atoms with van der Waals surface area (Å²) in [5.41, 5.74) is -2.27. The van der Waals surface area contributed by atoms with Crippen molar-refractivity contribution in [1.29, 1.82) is 0 Å². The summed E-state index contributed by atoms with van der Waals surface area (Å²) in [6.07, 6.45) is 0. The van der Waals surface area contributed by atoms with Gasteiger partial charge in [0.15, 0.2) is 0 Å². The van der Waals surface area contributed by atoms with E-state index in [1.54, 1.807) is 0 Å². The number of H-pyrrole nitrogens is 1. The van der Waals surface area contributed by atoms with Crippen molar-refractivity contribution in [3.63, 3.8) is 0 Å². The van der Waals surface area contributed by atoms with E-state index in [1.807, 2.05) is 0 Å². The van der Waals surface area contributed by atoms with Gasteiger partial charge >= 0.3 is 5.69 Å². The molecule has 2 aromatic rings. The van der Waals surface area contributed by atoms with Crippen LogP contribution in [0.4, 0.5) is 14.5 Å². The molecule has 0 saturated carbocycles. The minimum Gasteiger partial charge on any atom is -0.306 e. The molecule has 1 N–H and O–H groups in total. The predicted octanol–water partition coefficient (Wildman–Crippen LogP) is 2.36. The zero-order chi connectivity index (χ0) is 14.9. The van der Waals surface area contributed by atoms with Crippen LogP contribution in [0.1, 0.15) is 5.69 Å². The summed E-state index contributed by atoms with van der Waals surface area (Å²) in [5.74, 6) is -3.09. The number of alkyl halides is 1. The van der Waals surface area contributed by atoms with Crippen molar-refractivity contribution < 1.29 is 13.7 Å². The second-order valence-corrected chi connectivity index (χ2v) is 4.00. The Balaban J connectivity index is 2.75. The van der Waals surface area contributed by atoms with E-state index >= 15 is 0 Å². The van der Waals surface area contributed by atoms with Gasteiger partial charge in [-0.3, -0.25) is 14.9 Å². The molecule has 0 unspecified atom stereocenters. The molecule has 0 saturated heterocycles. The summed E-state index contributed by atoms with van der Waals surface area (Å²) < 4.78 is 27.6. The number of nitro benzene ring substituents is 1. The Morgan fingerprint density at radius 3 is 2.70 bits per heavy atom. The van der Waals surface area contributed by atoms with Crippen molar-refractivity contribution in [3.8, 4) is 11.4 Å². The minimum atomic E-state index is -1.41. The molecule has 0 aliphatic carbocycles. The van der Waals surface area contributed by atoms with Gasteiger partial charge in [0.25, 0.3) is 5.56 Å². The molecule has 0 aliphatic heterocycles. The van der Waals surface area contributed by atoms with Crippen molar-refractivity contribution in [3.05, 3.63) is 56.0 Å². The fourth-order valence-electron chi connectivity index (χ4n) is 1.59. The molecule has 0 atom stereocenters. The van der Waals surface area contributed by atoms with Crippen LogP contribution >= 0.6 is 11.6 Å². The topological polar surface area (TPSA) is 88.9 Å². The molecular weight excluding hydrogens is 296 g/mol. The van der Waals surface area contributed by atoms with E-state index in [0.717, 1.165) is 12.1 Å². The van der Waals surface area contributed by atoms with Crippen LogP contribution in [0.5, 0.6) is 0 Å². The van der Waals surface area contributed by atoms with Crippen LogP contribution in [0.3, 0.4) is 0 Å². The fourth-order valence-corrected chi connectivity index (χ4v) is 1.73. The largest absolute Gasteiger partial charge is 0.306 e. The number of nitrogens with one attached hydrogen (secondary N) is 1. The molecule has 0 spiro atoms. The second kappa shape index (κ2) is 5.33. The van der Waals surface area contributed by atoms with Crippen LogP contribution in [0.25, 0.3) is 11.4 Å². The Kier molecular flexibility index (Phi) is 3.75. The van der Waals surface area contributed by atoms with E-state index in [1.165, 1.54) is 0 Å². The first kappa shape index (κ1) is 14.1. The van der Waals surface area contributed by atoms with Gasteiger partial charge < -0.3 is 4.98 Å². The Morgan fingerprint density at radius 1 is 1.40 bits per heavy atom. The molecule has 0 radical (unpaired) electrons. The van der Waals surface area contributed by atoms with Crippen molar-refractivity contribution in [2.45, 2.75) is 5.88 Å². The number of hydrogen-bond donors (Lipinski definition) is 1. The molecular formula is C11H6ClF2N3O3. The highest BCUT2D eigenvalue weighted by Crippen LogP contribution is 2.29. The number of aromatic nitrogens is 2. The number of benzene rings is 1. The maximum absolute atomic E-state index is 14.0. The summed E-state index contributed by atoms with van der Waals surface area (Å²) in [6, 6.07) is 2.48. The lowest BCUT2D eigenvalue weighted by Gasteiger charge is -2.05. The summed E-state index contributed by atoms with van der Waals surface area (Å²) in [6.45, 7) is 0. The monoisotopic (exact) mass is 301 g/mol. The average Bonchev–Trinajstić information content (AvgIpc) is 2.37. The van der Waals surface area contributed by atoms with E-state index in [0.29, 0.717) is 6.07 Å². The van der Waals surface area contributed by atoms with Crippen LogP contribution < -0.4 is 5.56 Å². The maximum atomic E-state index is 14.0. The SMILES string of the molecule is O=c1cc(CCl)nc(-c2c(F)ccc([N+](=O)[O-])c2F)[nH]1. The Bertz CT molecular complexity index is 748. The van der Waals surface area contributed by atoms with Crippen LogP contribution in [-0.4, -0.2) is 14.9 Å². The summed E-state index contributed by atoms with van der Waals surface area (Å²) in [7, 11) is 0. The highest BCUT2D eigenvalue weighted by atomic mass is 35.5. The lowest BCUT2D eigenvalue weighted by atomic mass is 10.1. The first-order chi connectivity index (χ1) is 9.43. The summed E-state index contributed by atoms with van der Waals surface area (Å²) >= 11 is 5.51. The van der Waals surface area contributed by atoms with Gasteiger partial charge in [-0.2, -0.15) is 4.39 Å². The van der Waals surface area contributed by atoms with Crippen LogP contribution in [-0.2, 0) is 5.88 Å². The smallest absolute Gasteiger partial charge is 0.305 e. The molecule has 0 aliphatic rings. The van der Waals surface area contributed by atoms with Crippen molar-refractivity contribution in [1.82, 2.24) is 9.97 Å². The second-order valence-electron chi connectivity index (χ2n) is 3.73. The number of halogens is 3. The third kappa shape index (κ3) is 2.50. The molecule has 0 bridgehead atoms. The van der Waals surface area contributed by atoms with E-state index in [9.17, 15) is 23.7 Å².